The molecule has 0 aliphatic heterocycles. The van der Waals surface area contributed by atoms with Gasteiger partial charge in [-0.15, -0.1) is 0 Å². The van der Waals surface area contributed by atoms with E-state index < -0.39 is 5.97 Å². The minimum atomic E-state index is -1.01. The average Bonchev–Trinajstić information content (AvgIpc) is 2.28. The first-order chi connectivity index (χ1) is 8.04. The Balaban J connectivity index is 2.95. The van der Waals surface area contributed by atoms with Crippen molar-refractivity contribution in [3.63, 3.8) is 0 Å². The van der Waals surface area contributed by atoms with Crippen LogP contribution in [0.2, 0.25) is 0 Å². The van der Waals surface area contributed by atoms with E-state index in [-0.39, 0.29) is 11.5 Å². The molecule has 0 saturated carbocycles. The minimum absolute atomic E-state index is 0.193. The zero-order valence-electron chi connectivity index (χ0n) is 8.92. The highest BCUT2D eigenvalue weighted by Gasteiger charge is 2.05. The number of hydrogen-bond acceptors (Lipinski definition) is 4. The average molecular weight is 232 g/mol. The molecule has 0 heterocycles. The van der Waals surface area contributed by atoms with Crippen LogP contribution in [0.4, 0.5) is 0 Å². The molecule has 0 aliphatic rings. The summed E-state index contributed by atoms with van der Waals surface area (Å²) in [5.41, 5.74) is 6.81. The van der Waals surface area contributed by atoms with Gasteiger partial charge in [0.25, 0.3) is 0 Å². The zero-order chi connectivity index (χ0) is 12.8. The summed E-state index contributed by atoms with van der Waals surface area (Å²) in [6, 6.07) is 6.69. The third-order valence-electron chi connectivity index (χ3n) is 1.99. The minimum Gasteiger partial charge on any atom is -0.478 e. The molecule has 6 heteroatoms. The summed E-state index contributed by atoms with van der Waals surface area (Å²) in [6.45, 7) is 0. The van der Waals surface area contributed by atoms with Crippen LogP contribution in [0.3, 0.4) is 0 Å². The summed E-state index contributed by atoms with van der Waals surface area (Å²) >= 11 is 0. The van der Waals surface area contributed by atoms with Crippen molar-refractivity contribution >= 4 is 23.6 Å². The summed E-state index contributed by atoms with van der Waals surface area (Å²) in [4.78, 5) is 10.3. The Morgan fingerprint density at radius 1 is 1.35 bits per heavy atom. The van der Waals surface area contributed by atoms with E-state index in [4.69, 9.17) is 22.1 Å². The molecule has 0 amide bonds. The van der Waals surface area contributed by atoms with Gasteiger partial charge in [-0.1, -0.05) is 24.3 Å². The highest BCUT2D eigenvalue weighted by atomic mass is 16.4. The highest BCUT2D eigenvalue weighted by molar-refractivity contribution is 6.45. The molecule has 1 rings (SSSR count). The molecule has 0 spiro atoms. The Morgan fingerprint density at radius 3 is 2.35 bits per heavy atom. The maximum absolute atomic E-state index is 10.3. The molecule has 0 saturated heterocycles. The second-order valence-electron chi connectivity index (χ2n) is 3.18. The standard InChI is InChI=1S/C11H12N4O2/c12-11(13)10(15-14)8-4-1-7(2-5-8)3-6-9(16)17/h1-6H,14H2,(H3,12,13)(H,16,17)/b6-3+,15-10?. The van der Waals surface area contributed by atoms with Gasteiger partial charge in [0, 0.05) is 11.6 Å². The quantitative estimate of drug-likeness (QED) is 0.197. The fourth-order valence-corrected chi connectivity index (χ4v) is 1.22. The Bertz CT molecular complexity index is 489. The van der Waals surface area contributed by atoms with Crippen molar-refractivity contribution in [2.45, 2.75) is 0 Å². The van der Waals surface area contributed by atoms with Crippen molar-refractivity contribution in [3.8, 4) is 0 Å². The first kappa shape index (κ1) is 12.4. The number of rotatable bonds is 4. The van der Waals surface area contributed by atoms with Crippen LogP contribution < -0.4 is 11.6 Å². The van der Waals surface area contributed by atoms with E-state index >= 15 is 0 Å². The van der Waals surface area contributed by atoms with E-state index in [9.17, 15) is 4.79 Å². The number of nitrogens with two attached hydrogens (primary N) is 2. The molecule has 6 N–H and O–H groups in total. The van der Waals surface area contributed by atoms with Crippen LogP contribution in [-0.4, -0.2) is 22.6 Å². The number of aliphatic carboxylic acids is 1. The number of amidine groups is 1. The zero-order valence-corrected chi connectivity index (χ0v) is 8.92. The van der Waals surface area contributed by atoms with Crippen LogP contribution in [0, 0.1) is 5.41 Å². The molecule has 6 nitrogen and oxygen atoms in total. The van der Waals surface area contributed by atoms with Crippen LogP contribution >= 0.6 is 0 Å². The first-order valence-corrected chi connectivity index (χ1v) is 4.68. The van der Waals surface area contributed by atoms with Gasteiger partial charge in [-0.05, 0) is 11.6 Å². The molecular weight excluding hydrogens is 220 g/mol. The molecule has 0 aromatic heterocycles. The van der Waals surface area contributed by atoms with Gasteiger partial charge in [0.1, 0.15) is 11.5 Å². The van der Waals surface area contributed by atoms with Gasteiger partial charge in [-0.2, -0.15) is 5.10 Å². The first-order valence-electron chi connectivity index (χ1n) is 4.68. The van der Waals surface area contributed by atoms with E-state index in [0.29, 0.717) is 5.56 Å². The summed E-state index contributed by atoms with van der Waals surface area (Å²) in [6.07, 6.45) is 2.50. The van der Waals surface area contributed by atoms with E-state index in [1.807, 2.05) is 0 Å². The van der Waals surface area contributed by atoms with Crippen molar-refractivity contribution in [3.05, 3.63) is 41.5 Å². The number of nitrogens with one attached hydrogen (secondary N) is 1. The monoisotopic (exact) mass is 232 g/mol. The van der Waals surface area contributed by atoms with Gasteiger partial charge in [0.05, 0.1) is 0 Å². The van der Waals surface area contributed by atoms with Crippen LogP contribution in [0.5, 0.6) is 0 Å². The lowest BCUT2D eigenvalue weighted by Crippen LogP contribution is -2.24. The Morgan fingerprint density at radius 2 is 1.94 bits per heavy atom. The van der Waals surface area contributed by atoms with Gasteiger partial charge < -0.3 is 16.7 Å². The second-order valence-corrected chi connectivity index (χ2v) is 3.18. The lowest BCUT2D eigenvalue weighted by molar-refractivity contribution is -0.131. The fourth-order valence-electron chi connectivity index (χ4n) is 1.22. The normalized spacial score (nSPS) is 11.6. The number of nitrogens with zero attached hydrogens (tertiary/aromatic N) is 1. The summed E-state index contributed by atoms with van der Waals surface area (Å²) in [5, 5.41) is 19.1. The molecule has 0 fully saturated rings. The highest BCUT2D eigenvalue weighted by Crippen LogP contribution is 2.07. The largest absolute Gasteiger partial charge is 0.478 e. The maximum Gasteiger partial charge on any atom is 0.328 e. The smallest absolute Gasteiger partial charge is 0.328 e. The van der Waals surface area contributed by atoms with E-state index in [0.717, 1.165) is 11.6 Å². The topological polar surface area (TPSA) is 126 Å². The molecule has 0 aliphatic carbocycles. The number of carboxylic acids is 1. The summed E-state index contributed by atoms with van der Waals surface area (Å²) < 4.78 is 0. The Hall–Kier alpha value is -2.63. The van der Waals surface area contributed by atoms with Gasteiger partial charge in [-0.3, -0.25) is 5.41 Å². The predicted octanol–water partition coefficient (Wildman–Crippen LogP) is 0.383. The molecule has 88 valence electrons. The van der Waals surface area contributed by atoms with Crippen LogP contribution in [0.15, 0.2) is 35.4 Å². The molecule has 0 atom stereocenters. The molecule has 1 aromatic rings. The van der Waals surface area contributed by atoms with Crippen LogP contribution in [-0.2, 0) is 4.79 Å². The van der Waals surface area contributed by atoms with E-state index in [1.165, 1.54) is 6.08 Å². The molecule has 1 aromatic carbocycles. The number of carbonyl (C=O) groups is 1. The SMILES string of the molecule is N=C(N)C(=NN)c1ccc(/C=C/C(=O)O)cc1. The number of benzene rings is 1. The van der Waals surface area contributed by atoms with Crippen molar-refractivity contribution in [1.29, 1.82) is 5.41 Å². The third kappa shape index (κ3) is 3.45. The van der Waals surface area contributed by atoms with Crippen molar-refractivity contribution < 1.29 is 9.90 Å². The lowest BCUT2D eigenvalue weighted by atomic mass is 10.1. The Kier molecular flexibility index (Phi) is 3.99. The summed E-state index contributed by atoms with van der Waals surface area (Å²) in [5.74, 6) is 3.88. The van der Waals surface area contributed by atoms with Gasteiger partial charge in [0.2, 0.25) is 0 Å². The molecule has 0 bridgehead atoms. The van der Waals surface area contributed by atoms with E-state index in [1.54, 1.807) is 24.3 Å². The molecule has 17 heavy (non-hydrogen) atoms. The van der Waals surface area contributed by atoms with Crippen molar-refractivity contribution in [2.24, 2.45) is 16.7 Å². The van der Waals surface area contributed by atoms with Crippen molar-refractivity contribution in [1.82, 2.24) is 0 Å². The fraction of sp³-hybridized carbons (Fsp3) is 0. The lowest BCUT2D eigenvalue weighted by Gasteiger charge is -2.03. The molecule has 0 unspecified atom stereocenters. The number of hydrogen-bond donors (Lipinski definition) is 4. The molecule has 0 radical (unpaired) electrons. The predicted molar refractivity (Wildman–Crippen MR) is 65.8 cm³/mol. The van der Waals surface area contributed by atoms with Crippen molar-refractivity contribution in [2.75, 3.05) is 0 Å². The van der Waals surface area contributed by atoms with Gasteiger partial charge >= 0.3 is 5.97 Å². The van der Waals surface area contributed by atoms with Gasteiger partial charge in [0.15, 0.2) is 0 Å². The second kappa shape index (κ2) is 5.45. The molecular formula is C11H12N4O2. The van der Waals surface area contributed by atoms with E-state index in [2.05, 4.69) is 5.10 Å². The maximum atomic E-state index is 10.3. The van der Waals surface area contributed by atoms with Gasteiger partial charge in [-0.25, -0.2) is 4.79 Å². The van der Waals surface area contributed by atoms with Crippen LogP contribution in [0.25, 0.3) is 6.08 Å². The Labute approximate surface area is 97.8 Å². The third-order valence-corrected chi connectivity index (χ3v) is 1.99. The van der Waals surface area contributed by atoms with Crippen LogP contribution in [0.1, 0.15) is 11.1 Å². The number of hydrazone groups is 1. The summed E-state index contributed by atoms with van der Waals surface area (Å²) in [7, 11) is 0. The number of carboxylic acid groups (broad SMARTS) is 1.